The van der Waals surface area contributed by atoms with E-state index in [-0.39, 0.29) is 11.4 Å². The number of nitrogens with one attached hydrogen (secondary N) is 1. The van der Waals surface area contributed by atoms with Crippen LogP contribution in [0.25, 0.3) is 0 Å². The van der Waals surface area contributed by atoms with Crippen molar-refractivity contribution in [2.75, 3.05) is 13.6 Å². The minimum atomic E-state index is -0.0370. The number of rotatable bonds is 7. The molecule has 2 amide bonds. The van der Waals surface area contributed by atoms with Gasteiger partial charge in [-0.05, 0) is 24.8 Å². The third-order valence-electron chi connectivity index (χ3n) is 4.01. The highest BCUT2D eigenvalue weighted by atomic mass is 32.1. The number of hydrogen-bond donors (Lipinski definition) is 1. The molecule has 2 rings (SSSR count). The smallest absolute Gasteiger partial charge is 0.317 e. The van der Waals surface area contributed by atoms with Crippen LogP contribution in [0.3, 0.4) is 0 Å². The molecule has 1 aromatic heterocycles. The van der Waals surface area contributed by atoms with Gasteiger partial charge in [-0.15, -0.1) is 11.3 Å². The Morgan fingerprint density at radius 2 is 1.92 bits per heavy atom. The summed E-state index contributed by atoms with van der Waals surface area (Å²) < 4.78 is 0. The zero-order chi connectivity index (χ0) is 18.3. The second kappa shape index (κ2) is 8.99. The van der Waals surface area contributed by atoms with Gasteiger partial charge in [-0.2, -0.15) is 0 Å². The predicted molar refractivity (Wildman–Crippen MR) is 105 cm³/mol. The van der Waals surface area contributed by atoms with Gasteiger partial charge in [-0.25, -0.2) is 9.78 Å². The first-order valence-corrected chi connectivity index (χ1v) is 9.72. The van der Waals surface area contributed by atoms with Gasteiger partial charge < -0.3 is 10.2 Å². The maximum absolute atomic E-state index is 12.2. The Balaban J connectivity index is 1.67. The third kappa shape index (κ3) is 6.50. The molecule has 4 nitrogen and oxygen atoms in total. The lowest BCUT2D eigenvalue weighted by Crippen LogP contribution is -2.37. The van der Waals surface area contributed by atoms with E-state index in [1.54, 1.807) is 16.2 Å². The Kier molecular flexibility index (Phi) is 7.00. The molecular weight excluding hydrogens is 330 g/mol. The first-order valence-electron chi connectivity index (χ1n) is 8.84. The van der Waals surface area contributed by atoms with Gasteiger partial charge in [0, 0.05) is 24.4 Å². The quantitative estimate of drug-likeness (QED) is 0.734. The summed E-state index contributed by atoms with van der Waals surface area (Å²) in [6.45, 7) is 7.70. The number of amides is 2. The van der Waals surface area contributed by atoms with Crippen LogP contribution in [0.5, 0.6) is 0 Å². The molecule has 0 aliphatic heterocycles. The molecule has 25 heavy (non-hydrogen) atoms. The number of carbonyl (C=O) groups excluding carboxylic acids is 1. The molecule has 0 aliphatic carbocycles. The highest BCUT2D eigenvalue weighted by Crippen LogP contribution is 2.25. The largest absolute Gasteiger partial charge is 0.332 e. The number of aryl methyl sites for hydroxylation is 1. The van der Waals surface area contributed by atoms with Gasteiger partial charge in [0.15, 0.2) is 0 Å². The van der Waals surface area contributed by atoms with Gasteiger partial charge in [0.2, 0.25) is 0 Å². The lowest BCUT2D eigenvalue weighted by atomic mass is 9.98. The summed E-state index contributed by atoms with van der Waals surface area (Å²) in [7, 11) is 1.85. The maximum atomic E-state index is 12.2. The standard InChI is InChI=1S/C20H29N3OS/c1-20(2,3)18-22-17(15-25-18)14-21-19(24)23(4)13-9-8-12-16-10-6-5-7-11-16/h5-7,10-11,15H,8-9,12-14H2,1-4H3,(H,21,24). The van der Waals surface area contributed by atoms with Gasteiger partial charge in [-0.3, -0.25) is 0 Å². The van der Waals surface area contributed by atoms with Crippen LogP contribution in [0.2, 0.25) is 0 Å². The minimum absolute atomic E-state index is 0.0370. The molecule has 0 radical (unpaired) electrons. The van der Waals surface area contributed by atoms with E-state index < -0.39 is 0 Å². The Morgan fingerprint density at radius 1 is 1.20 bits per heavy atom. The SMILES string of the molecule is CN(CCCCc1ccccc1)C(=O)NCc1csc(C(C)(C)C)n1. The first-order chi connectivity index (χ1) is 11.9. The Bertz CT molecular complexity index is 661. The average molecular weight is 360 g/mol. The molecule has 0 aliphatic rings. The Hall–Kier alpha value is -1.88. The maximum Gasteiger partial charge on any atom is 0.317 e. The number of aromatic nitrogens is 1. The van der Waals surface area contributed by atoms with E-state index in [1.807, 2.05) is 18.5 Å². The van der Waals surface area contributed by atoms with Crippen molar-refractivity contribution < 1.29 is 4.79 Å². The number of thiazole rings is 1. The Labute approximate surface area is 155 Å². The summed E-state index contributed by atoms with van der Waals surface area (Å²) >= 11 is 1.66. The van der Waals surface area contributed by atoms with Crippen molar-refractivity contribution in [1.82, 2.24) is 15.2 Å². The van der Waals surface area contributed by atoms with Gasteiger partial charge in [0.1, 0.15) is 0 Å². The van der Waals surface area contributed by atoms with Crippen LogP contribution >= 0.6 is 11.3 Å². The van der Waals surface area contributed by atoms with Crippen LogP contribution in [0.1, 0.15) is 49.9 Å². The lowest BCUT2D eigenvalue weighted by molar-refractivity contribution is 0.207. The summed E-state index contributed by atoms with van der Waals surface area (Å²) in [5, 5.41) is 6.08. The average Bonchev–Trinajstić information content (AvgIpc) is 3.06. The molecule has 0 unspecified atom stereocenters. The van der Waals surface area contributed by atoms with Crippen molar-refractivity contribution in [3.63, 3.8) is 0 Å². The molecule has 136 valence electrons. The summed E-state index contributed by atoms with van der Waals surface area (Å²) in [6.07, 6.45) is 3.15. The van der Waals surface area contributed by atoms with Crippen LogP contribution in [0.4, 0.5) is 4.79 Å². The molecule has 5 heteroatoms. The second-order valence-corrected chi connectivity index (χ2v) is 8.28. The second-order valence-electron chi connectivity index (χ2n) is 7.42. The fourth-order valence-electron chi connectivity index (χ4n) is 2.46. The Morgan fingerprint density at radius 3 is 2.56 bits per heavy atom. The van der Waals surface area contributed by atoms with Gasteiger partial charge >= 0.3 is 6.03 Å². The molecule has 0 atom stereocenters. The molecule has 0 fully saturated rings. The monoisotopic (exact) mass is 359 g/mol. The molecule has 0 saturated heterocycles. The summed E-state index contributed by atoms with van der Waals surface area (Å²) in [6, 6.07) is 10.4. The normalized spacial score (nSPS) is 11.4. The molecule has 0 bridgehead atoms. The zero-order valence-electron chi connectivity index (χ0n) is 15.7. The number of nitrogens with zero attached hydrogens (tertiary/aromatic N) is 2. The molecule has 0 spiro atoms. The van der Waals surface area contributed by atoms with Crippen LogP contribution in [-0.2, 0) is 18.4 Å². The molecule has 1 aromatic carbocycles. The lowest BCUT2D eigenvalue weighted by Gasteiger charge is -2.17. The van der Waals surface area contributed by atoms with Crippen molar-refractivity contribution in [1.29, 1.82) is 0 Å². The van der Waals surface area contributed by atoms with Crippen LogP contribution in [0.15, 0.2) is 35.7 Å². The number of benzene rings is 1. The van der Waals surface area contributed by atoms with Crippen LogP contribution < -0.4 is 5.32 Å². The summed E-state index contributed by atoms with van der Waals surface area (Å²) in [5.41, 5.74) is 2.34. The fraction of sp³-hybridized carbons (Fsp3) is 0.500. The van der Waals surface area contributed by atoms with E-state index in [2.05, 4.69) is 55.3 Å². The van der Waals surface area contributed by atoms with E-state index in [0.29, 0.717) is 6.54 Å². The van der Waals surface area contributed by atoms with Crippen molar-refractivity contribution in [2.24, 2.45) is 0 Å². The molecular formula is C20H29N3OS. The van der Waals surface area contributed by atoms with Gasteiger partial charge in [0.25, 0.3) is 0 Å². The topological polar surface area (TPSA) is 45.2 Å². The predicted octanol–water partition coefficient (Wildman–Crippen LogP) is 4.60. The van der Waals surface area contributed by atoms with Crippen molar-refractivity contribution in [3.05, 3.63) is 52.0 Å². The van der Waals surface area contributed by atoms with Crippen molar-refractivity contribution in [2.45, 2.75) is 52.0 Å². The summed E-state index contributed by atoms with van der Waals surface area (Å²) in [5.74, 6) is 0. The summed E-state index contributed by atoms with van der Waals surface area (Å²) in [4.78, 5) is 18.5. The van der Waals surface area contributed by atoms with Gasteiger partial charge in [-0.1, -0.05) is 51.1 Å². The number of hydrogen-bond acceptors (Lipinski definition) is 3. The van der Waals surface area contributed by atoms with E-state index in [9.17, 15) is 4.79 Å². The van der Waals surface area contributed by atoms with Gasteiger partial charge in [0.05, 0.1) is 17.2 Å². The number of urea groups is 1. The molecule has 2 aromatic rings. The van der Waals surface area contributed by atoms with E-state index in [1.165, 1.54) is 5.56 Å². The van der Waals surface area contributed by atoms with Crippen molar-refractivity contribution in [3.8, 4) is 0 Å². The van der Waals surface area contributed by atoms with E-state index in [0.717, 1.165) is 36.5 Å². The number of carbonyl (C=O) groups is 1. The van der Waals surface area contributed by atoms with E-state index >= 15 is 0 Å². The third-order valence-corrected chi connectivity index (χ3v) is 5.33. The highest BCUT2D eigenvalue weighted by Gasteiger charge is 2.18. The number of unbranched alkanes of at least 4 members (excludes halogenated alkanes) is 1. The fourth-order valence-corrected chi connectivity index (χ4v) is 3.37. The highest BCUT2D eigenvalue weighted by molar-refractivity contribution is 7.09. The molecule has 0 saturated carbocycles. The van der Waals surface area contributed by atoms with E-state index in [4.69, 9.17) is 0 Å². The minimum Gasteiger partial charge on any atom is -0.332 e. The molecule has 1 N–H and O–H groups in total. The molecule has 1 heterocycles. The first kappa shape index (κ1) is 19.4. The van der Waals surface area contributed by atoms with Crippen LogP contribution in [-0.4, -0.2) is 29.5 Å². The zero-order valence-corrected chi connectivity index (χ0v) is 16.5. The van der Waals surface area contributed by atoms with Crippen LogP contribution in [0, 0.1) is 0 Å². The van der Waals surface area contributed by atoms with Crippen molar-refractivity contribution >= 4 is 17.4 Å².